The maximum absolute atomic E-state index is 6.01. The molecule has 0 amide bonds. The van der Waals surface area contributed by atoms with E-state index in [0.29, 0.717) is 106 Å². The summed E-state index contributed by atoms with van der Waals surface area (Å²) in [6, 6.07) is 0. The van der Waals surface area contributed by atoms with Crippen LogP contribution in [0.3, 0.4) is 0 Å². The molecule has 0 atom stereocenters. The summed E-state index contributed by atoms with van der Waals surface area (Å²) >= 11 is 0. The first-order chi connectivity index (χ1) is 48.3. The predicted octanol–water partition coefficient (Wildman–Crippen LogP) is 16.1. The molecule has 2 heterocycles. The van der Waals surface area contributed by atoms with Gasteiger partial charge in [0.05, 0.1) is 159 Å². The fourth-order valence-electron chi connectivity index (χ4n) is 12.7. The van der Waals surface area contributed by atoms with Crippen molar-refractivity contribution in [3.05, 3.63) is 0 Å². The third kappa shape index (κ3) is 72.1. The van der Waals surface area contributed by atoms with Crippen LogP contribution in [-0.2, 0) is 61.6 Å². The van der Waals surface area contributed by atoms with Crippen molar-refractivity contribution < 1.29 is 61.6 Å². The summed E-state index contributed by atoms with van der Waals surface area (Å²) in [5.41, 5.74) is 0. The van der Waals surface area contributed by atoms with E-state index < -0.39 is 0 Å². The van der Waals surface area contributed by atoms with Crippen LogP contribution >= 0.6 is 0 Å². The molecule has 0 aromatic rings. The molecular weight excluding hydrogens is 1220 g/mol. The van der Waals surface area contributed by atoms with Crippen LogP contribution in [0, 0.1) is 0 Å². The molecule has 0 radical (unpaired) electrons. The standard InChI is InChI=1S/C80H162N4O13/c1-3-5-7-9-11-13-19-25-31-37-43-81-47-57-87-67-71-91-61-51-83(52-62-92-72-68-88-58-48-81)45-39-33-27-21-15-17-23-29-35-41-55-85-65-75-95-77-79-97-80-78-96-76-66-86-56-42-36-30-24-18-16-22-28-34-40-46-84-53-63-93-73-69-89-59-49-82(50-60-90-70-74-94-64-54-84)44-38-32-26-20-14-12-10-8-6-4-2/h3-80H2,1-2H3. The Balaban J connectivity index is 1.27. The van der Waals surface area contributed by atoms with Gasteiger partial charge in [0.25, 0.3) is 0 Å². The molecule has 0 unspecified atom stereocenters. The van der Waals surface area contributed by atoms with E-state index in [1.807, 2.05) is 0 Å². The minimum Gasteiger partial charge on any atom is -0.379 e. The van der Waals surface area contributed by atoms with Gasteiger partial charge in [-0.25, -0.2) is 0 Å². The van der Waals surface area contributed by atoms with Crippen molar-refractivity contribution in [3.8, 4) is 0 Å². The zero-order valence-corrected chi connectivity index (χ0v) is 64.3. The number of unbranched alkanes of at least 4 members (excludes halogenated alkanes) is 36. The average molecular weight is 1390 g/mol. The van der Waals surface area contributed by atoms with Crippen LogP contribution in [0.25, 0.3) is 0 Å². The highest BCUT2D eigenvalue weighted by atomic mass is 16.6. The average Bonchev–Trinajstić information content (AvgIpc) is 3.82. The lowest BCUT2D eigenvalue weighted by Crippen LogP contribution is -2.34. The third-order valence-electron chi connectivity index (χ3n) is 19.1. The minimum absolute atomic E-state index is 0.580. The zero-order chi connectivity index (χ0) is 68.7. The van der Waals surface area contributed by atoms with Crippen LogP contribution in [0.5, 0.6) is 0 Å². The number of hydrogen-bond donors (Lipinski definition) is 0. The molecule has 97 heavy (non-hydrogen) atoms. The van der Waals surface area contributed by atoms with Crippen LogP contribution in [0.15, 0.2) is 0 Å². The lowest BCUT2D eigenvalue weighted by atomic mass is 10.1. The highest BCUT2D eigenvalue weighted by molar-refractivity contribution is 4.64. The number of hydrogen-bond acceptors (Lipinski definition) is 17. The summed E-state index contributed by atoms with van der Waals surface area (Å²) in [6.45, 7) is 34.5. The molecular formula is C80H162N4O13. The first kappa shape index (κ1) is 92.4. The predicted molar refractivity (Wildman–Crippen MR) is 402 cm³/mol. The van der Waals surface area contributed by atoms with Gasteiger partial charge in [0.2, 0.25) is 0 Å². The van der Waals surface area contributed by atoms with Crippen LogP contribution in [0.4, 0.5) is 0 Å². The first-order valence-electron chi connectivity index (χ1n) is 41.7. The Morgan fingerprint density at radius 2 is 0.309 bits per heavy atom. The molecule has 2 aliphatic heterocycles. The van der Waals surface area contributed by atoms with Gasteiger partial charge in [0.15, 0.2) is 0 Å². The van der Waals surface area contributed by atoms with Gasteiger partial charge in [-0.05, 0) is 64.7 Å². The smallest absolute Gasteiger partial charge is 0.0701 e. The molecule has 2 fully saturated rings. The van der Waals surface area contributed by atoms with Gasteiger partial charge in [-0.2, -0.15) is 0 Å². The quantitative estimate of drug-likeness (QED) is 0.0534. The maximum atomic E-state index is 6.01. The summed E-state index contributed by atoms with van der Waals surface area (Å²) in [5, 5.41) is 0. The Labute approximate surface area is 599 Å². The summed E-state index contributed by atoms with van der Waals surface area (Å²) < 4.78 is 76.7. The number of nitrogens with zero attached hydrogens (tertiary/aromatic N) is 4. The molecule has 0 N–H and O–H groups in total. The first-order valence-corrected chi connectivity index (χ1v) is 41.7. The third-order valence-corrected chi connectivity index (χ3v) is 19.1. The molecule has 2 rings (SSSR count). The van der Waals surface area contributed by atoms with Crippen molar-refractivity contribution in [1.82, 2.24) is 19.6 Å². The fraction of sp³-hybridized carbons (Fsp3) is 1.00. The molecule has 2 saturated heterocycles. The Morgan fingerprint density at radius 1 is 0.165 bits per heavy atom. The Kier molecular flexibility index (Phi) is 77.2. The van der Waals surface area contributed by atoms with Crippen LogP contribution < -0.4 is 0 Å². The topological polar surface area (TPSA) is 133 Å². The molecule has 17 nitrogen and oxygen atoms in total. The second kappa shape index (κ2) is 81.0. The van der Waals surface area contributed by atoms with Crippen LogP contribution in [0.1, 0.15) is 271 Å². The second-order valence-electron chi connectivity index (χ2n) is 27.8. The molecule has 17 heteroatoms. The van der Waals surface area contributed by atoms with E-state index in [4.69, 9.17) is 61.6 Å². The molecule has 0 bridgehead atoms. The number of rotatable bonds is 60. The van der Waals surface area contributed by atoms with E-state index in [-0.39, 0.29) is 0 Å². The van der Waals surface area contributed by atoms with Gasteiger partial charge in [-0.3, -0.25) is 19.6 Å². The Bertz CT molecular complexity index is 1310. The highest BCUT2D eigenvalue weighted by Crippen LogP contribution is 2.16. The van der Waals surface area contributed by atoms with Crippen molar-refractivity contribution in [2.24, 2.45) is 0 Å². The zero-order valence-electron chi connectivity index (χ0n) is 64.3. The van der Waals surface area contributed by atoms with E-state index in [0.717, 1.165) is 157 Å². The number of ether oxygens (including phenoxy) is 13. The van der Waals surface area contributed by atoms with E-state index in [1.165, 1.54) is 244 Å². The fourth-order valence-corrected chi connectivity index (χ4v) is 12.7. The molecule has 0 saturated carbocycles. The van der Waals surface area contributed by atoms with E-state index in [9.17, 15) is 0 Å². The Hall–Kier alpha value is -0.680. The van der Waals surface area contributed by atoms with Crippen LogP contribution in [0.2, 0.25) is 0 Å². The normalized spacial score (nSPS) is 17.5. The monoisotopic (exact) mass is 1390 g/mol. The van der Waals surface area contributed by atoms with E-state index >= 15 is 0 Å². The van der Waals surface area contributed by atoms with Crippen molar-refractivity contribution >= 4 is 0 Å². The summed E-state index contributed by atoms with van der Waals surface area (Å²) in [7, 11) is 0. The SMILES string of the molecule is CCCCCCCCCCCCN1CCOCCOCCN(CCCCCCCCCCCCOCCOCCOCCOCCOCCCCCCCCCCCCN2CCOCCOCCN(CCCCCCCCCCCC)CCOCCOCC2)CCOCCOCC1. The summed E-state index contributed by atoms with van der Waals surface area (Å²) in [4.78, 5) is 10.1. The van der Waals surface area contributed by atoms with Gasteiger partial charge < -0.3 is 61.6 Å². The lowest BCUT2D eigenvalue weighted by Gasteiger charge is -2.23. The van der Waals surface area contributed by atoms with Crippen molar-refractivity contribution in [1.29, 1.82) is 0 Å². The van der Waals surface area contributed by atoms with Crippen LogP contribution in [-0.4, -0.2) is 270 Å². The Morgan fingerprint density at radius 3 is 0.485 bits per heavy atom. The highest BCUT2D eigenvalue weighted by Gasteiger charge is 2.12. The summed E-state index contributed by atoms with van der Waals surface area (Å²) in [5.74, 6) is 0. The lowest BCUT2D eigenvalue weighted by molar-refractivity contribution is -0.0114. The van der Waals surface area contributed by atoms with Gasteiger partial charge in [0, 0.05) is 65.6 Å². The van der Waals surface area contributed by atoms with E-state index in [2.05, 4.69) is 33.4 Å². The van der Waals surface area contributed by atoms with Gasteiger partial charge >= 0.3 is 0 Å². The van der Waals surface area contributed by atoms with Gasteiger partial charge in [-0.1, -0.05) is 232 Å². The van der Waals surface area contributed by atoms with Crippen molar-refractivity contribution in [2.75, 3.05) is 250 Å². The van der Waals surface area contributed by atoms with E-state index in [1.54, 1.807) is 0 Å². The second-order valence-corrected chi connectivity index (χ2v) is 27.8. The molecule has 0 aliphatic carbocycles. The minimum atomic E-state index is 0.580. The largest absolute Gasteiger partial charge is 0.379 e. The van der Waals surface area contributed by atoms with Crippen molar-refractivity contribution in [3.63, 3.8) is 0 Å². The summed E-state index contributed by atoms with van der Waals surface area (Å²) in [6.07, 6.45) is 53.2. The molecule has 0 aromatic carbocycles. The molecule has 0 aromatic heterocycles. The van der Waals surface area contributed by atoms with Gasteiger partial charge in [-0.15, -0.1) is 0 Å². The van der Waals surface area contributed by atoms with Gasteiger partial charge in [0.1, 0.15) is 0 Å². The molecule has 0 spiro atoms. The molecule has 2 aliphatic rings. The maximum Gasteiger partial charge on any atom is 0.0701 e. The molecule has 580 valence electrons. The van der Waals surface area contributed by atoms with Crippen molar-refractivity contribution in [2.45, 2.75) is 271 Å².